The molecule has 1 saturated carbocycles. The van der Waals surface area contributed by atoms with Crippen LogP contribution in [0.1, 0.15) is 53.0 Å². The second kappa shape index (κ2) is 10.1. The van der Waals surface area contributed by atoms with Gasteiger partial charge < -0.3 is 21.1 Å². The van der Waals surface area contributed by atoms with Crippen LogP contribution in [0.3, 0.4) is 0 Å². The number of hydrogen-bond donors (Lipinski definition) is 4. The number of halogens is 3. The van der Waals surface area contributed by atoms with Crippen molar-refractivity contribution in [3.63, 3.8) is 0 Å². The van der Waals surface area contributed by atoms with Gasteiger partial charge >= 0.3 is 0 Å². The van der Waals surface area contributed by atoms with Crippen LogP contribution in [0, 0.1) is 17.5 Å². The molecule has 0 spiro atoms. The van der Waals surface area contributed by atoms with E-state index in [0.29, 0.717) is 42.1 Å². The lowest BCUT2D eigenvalue weighted by molar-refractivity contribution is -0.143. The molecule has 1 amide bonds. The van der Waals surface area contributed by atoms with Crippen molar-refractivity contribution in [2.24, 2.45) is 0 Å². The summed E-state index contributed by atoms with van der Waals surface area (Å²) in [6.07, 6.45) is 2.62. The quantitative estimate of drug-likeness (QED) is 0.410. The second-order valence-corrected chi connectivity index (χ2v) is 8.72. The van der Waals surface area contributed by atoms with Gasteiger partial charge in [-0.05, 0) is 39.5 Å². The summed E-state index contributed by atoms with van der Waals surface area (Å²) in [5.74, 6) is -3.27. The third-order valence-electron chi connectivity index (χ3n) is 5.89. The number of carbonyl (C=O) groups is 1. The number of likely N-dealkylation sites (N-methyl/N-ethyl adjacent to an activating group) is 1. The fourth-order valence-corrected chi connectivity index (χ4v) is 4.22. The average molecular weight is 494 g/mol. The molecule has 0 bridgehead atoms. The molecule has 0 aliphatic heterocycles. The molecule has 4 N–H and O–H groups in total. The summed E-state index contributed by atoms with van der Waals surface area (Å²) in [4.78, 5) is 25.3. The van der Waals surface area contributed by atoms with Crippen LogP contribution in [0.5, 0.6) is 0 Å². The summed E-state index contributed by atoms with van der Waals surface area (Å²) in [7, 11) is 1.46. The molecule has 0 saturated heterocycles. The van der Waals surface area contributed by atoms with Gasteiger partial charge in [0, 0.05) is 31.3 Å². The molecule has 1 aliphatic carbocycles. The highest BCUT2D eigenvalue weighted by molar-refractivity contribution is 5.84. The standard InChI is InChI=1S/C22H26F3N7O2.CH4/c1-11(2)28-20-27-10-16-18(31-20)32(13-4-6-22(34,7-5-13)19(33)26-3)21(29-16)30-17-14(24)8-12(23)9-15(17)25;/h8-11,13,34H,4-7H2,1-3H3,(H,26,33)(H,29,30)(H,27,28,31);1H4. The minimum absolute atomic E-state index is 0. The number of benzene rings is 1. The van der Waals surface area contributed by atoms with E-state index in [1.165, 1.54) is 13.2 Å². The number of amides is 1. The second-order valence-electron chi connectivity index (χ2n) is 8.72. The predicted molar refractivity (Wildman–Crippen MR) is 127 cm³/mol. The highest BCUT2D eigenvalue weighted by atomic mass is 19.1. The summed E-state index contributed by atoms with van der Waals surface area (Å²) < 4.78 is 43.8. The number of carbonyl (C=O) groups excluding carboxylic acids is 1. The Balaban J connectivity index is 0.00000342. The van der Waals surface area contributed by atoms with Crippen molar-refractivity contribution in [2.75, 3.05) is 17.7 Å². The van der Waals surface area contributed by atoms with Gasteiger partial charge in [-0.15, -0.1) is 0 Å². The topological polar surface area (TPSA) is 117 Å². The Kier molecular flexibility index (Phi) is 7.53. The highest BCUT2D eigenvalue weighted by Gasteiger charge is 2.40. The largest absolute Gasteiger partial charge is 0.380 e. The molecule has 2 heterocycles. The van der Waals surface area contributed by atoms with Gasteiger partial charge in [0.1, 0.15) is 22.6 Å². The molecule has 1 fully saturated rings. The molecule has 4 rings (SSSR count). The Bertz CT molecular complexity index is 1200. The van der Waals surface area contributed by atoms with Crippen LogP contribution in [0.4, 0.5) is 30.8 Å². The maximum absolute atomic E-state index is 14.4. The van der Waals surface area contributed by atoms with E-state index in [9.17, 15) is 23.1 Å². The van der Waals surface area contributed by atoms with E-state index < -0.39 is 34.6 Å². The Labute approximate surface area is 201 Å². The molecule has 0 radical (unpaired) electrons. The van der Waals surface area contributed by atoms with Gasteiger partial charge in [-0.25, -0.2) is 23.1 Å². The van der Waals surface area contributed by atoms with Crippen molar-refractivity contribution in [2.45, 2.75) is 64.6 Å². The number of fused-ring (bicyclic) bond motifs is 1. The maximum atomic E-state index is 14.4. The van der Waals surface area contributed by atoms with Crippen LogP contribution in [-0.2, 0) is 4.79 Å². The van der Waals surface area contributed by atoms with Crippen LogP contribution in [0.15, 0.2) is 18.3 Å². The van der Waals surface area contributed by atoms with E-state index in [0.717, 1.165) is 0 Å². The van der Waals surface area contributed by atoms with E-state index in [1.807, 2.05) is 13.8 Å². The fraction of sp³-hybridized carbons (Fsp3) is 0.478. The SMILES string of the molecule is C.CNC(=O)C1(O)CCC(n2c(Nc3c(F)cc(F)cc3F)nc3cnc(NC(C)C)nc32)CC1. The van der Waals surface area contributed by atoms with Crippen molar-refractivity contribution >= 4 is 34.7 Å². The lowest BCUT2D eigenvalue weighted by Gasteiger charge is -2.35. The first kappa shape index (κ1) is 26.2. The summed E-state index contributed by atoms with van der Waals surface area (Å²) in [6.45, 7) is 3.86. The molecule has 1 aliphatic rings. The Hall–Kier alpha value is -3.41. The molecule has 9 nitrogen and oxygen atoms in total. The first-order valence-corrected chi connectivity index (χ1v) is 11.0. The van der Waals surface area contributed by atoms with E-state index in [1.54, 1.807) is 4.57 Å². The lowest BCUT2D eigenvalue weighted by atomic mass is 9.81. The number of aliphatic hydroxyl groups is 1. The normalized spacial score (nSPS) is 19.9. The molecular formula is C23H30F3N7O2. The minimum Gasteiger partial charge on any atom is -0.380 e. The molecular weight excluding hydrogens is 463 g/mol. The van der Waals surface area contributed by atoms with E-state index in [2.05, 4.69) is 30.9 Å². The zero-order chi connectivity index (χ0) is 24.6. The number of aromatic nitrogens is 4. The van der Waals surface area contributed by atoms with Gasteiger partial charge in [0.2, 0.25) is 11.9 Å². The number of hydrogen-bond acceptors (Lipinski definition) is 7. The monoisotopic (exact) mass is 493 g/mol. The molecule has 0 atom stereocenters. The zero-order valence-corrected chi connectivity index (χ0v) is 19.0. The predicted octanol–water partition coefficient (Wildman–Crippen LogP) is 4.04. The molecule has 190 valence electrons. The van der Waals surface area contributed by atoms with Gasteiger partial charge in [0.25, 0.3) is 5.91 Å². The Morgan fingerprint density at radius 2 is 1.80 bits per heavy atom. The first-order valence-electron chi connectivity index (χ1n) is 11.0. The van der Waals surface area contributed by atoms with Crippen molar-refractivity contribution in [1.82, 2.24) is 24.8 Å². The van der Waals surface area contributed by atoms with Crippen LogP contribution in [0.25, 0.3) is 11.2 Å². The summed E-state index contributed by atoms with van der Waals surface area (Å²) in [5.41, 5.74) is -1.25. The van der Waals surface area contributed by atoms with E-state index in [-0.39, 0.29) is 38.3 Å². The molecule has 3 aromatic rings. The van der Waals surface area contributed by atoms with Gasteiger partial charge in [0.05, 0.1) is 6.20 Å². The highest BCUT2D eigenvalue weighted by Crippen LogP contribution is 2.39. The molecule has 12 heteroatoms. The van der Waals surface area contributed by atoms with Crippen LogP contribution in [0.2, 0.25) is 0 Å². The summed E-state index contributed by atoms with van der Waals surface area (Å²) >= 11 is 0. The molecule has 35 heavy (non-hydrogen) atoms. The Morgan fingerprint density at radius 1 is 1.17 bits per heavy atom. The number of imidazole rings is 1. The van der Waals surface area contributed by atoms with Gasteiger partial charge in [-0.1, -0.05) is 7.43 Å². The van der Waals surface area contributed by atoms with Crippen molar-refractivity contribution < 1.29 is 23.1 Å². The first-order chi connectivity index (χ1) is 16.1. The maximum Gasteiger partial charge on any atom is 0.251 e. The van der Waals surface area contributed by atoms with Gasteiger partial charge in [0.15, 0.2) is 17.3 Å². The molecule has 2 aromatic heterocycles. The molecule has 1 aromatic carbocycles. The smallest absolute Gasteiger partial charge is 0.251 e. The number of nitrogens with one attached hydrogen (secondary N) is 3. The summed E-state index contributed by atoms with van der Waals surface area (Å²) in [6, 6.07) is 0.928. The van der Waals surface area contributed by atoms with Gasteiger partial charge in [-0.2, -0.15) is 4.98 Å². The number of nitrogens with zero attached hydrogens (tertiary/aromatic N) is 4. The van der Waals surface area contributed by atoms with Crippen molar-refractivity contribution in [3.05, 3.63) is 35.8 Å². The van der Waals surface area contributed by atoms with Crippen molar-refractivity contribution in [3.8, 4) is 0 Å². The average Bonchev–Trinajstić information content (AvgIpc) is 3.13. The third kappa shape index (κ3) is 5.16. The Morgan fingerprint density at radius 3 is 2.37 bits per heavy atom. The van der Waals surface area contributed by atoms with E-state index >= 15 is 0 Å². The van der Waals surface area contributed by atoms with E-state index in [4.69, 9.17) is 0 Å². The van der Waals surface area contributed by atoms with Crippen LogP contribution >= 0.6 is 0 Å². The lowest BCUT2D eigenvalue weighted by Crippen LogP contribution is -2.48. The zero-order valence-electron chi connectivity index (χ0n) is 19.0. The number of rotatable bonds is 6. The van der Waals surface area contributed by atoms with Crippen molar-refractivity contribution in [1.29, 1.82) is 0 Å². The summed E-state index contributed by atoms with van der Waals surface area (Å²) in [5, 5.41) is 18.9. The molecule has 0 unspecified atom stereocenters. The number of anilines is 3. The van der Waals surface area contributed by atoms with Crippen LogP contribution < -0.4 is 16.0 Å². The van der Waals surface area contributed by atoms with Crippen LogP contribution in [-0.4, -0.2) is 49.2 Å². The minimum atomic E-state index is -1.50. The van der Waals surface area contributed by atoms with Gasteiger partial charge in [-0.3, -0.25) is 9.36 Å². The third-order valence-corrected chi connectivity index (χ3v) is 5.89. The fourth-order valence-electron chi connectivity index (χ4n) is 4.22.